The summed E-state index contributed by atoms with van der Waals surface area (Å²) in [5.41, 5.74) is 12.7. The maximum atomic E-state index is 11.3. The van der Waals surface area contributed by atoms with E-state index in [1.807, 2.05) is 18.2 Å². The quantitative estimate of drug-likeness (QED) is 0.793. The molecule has 0 spiro atoms. The van der Waals surface area contributed by atoms with Crippen molar-refractivity contribution in [2.24, 2.45) is 5.73 Å². The van der Waals surface area contributed by atoms with Crippen molar-refractivity contribution in [2.45, 2.75) is 6.54 Å². The van der Waals surface area contributed by atoms with Crippen molar-refractivity contribution in [3.8, 4) is 0 Å². The molecule has 0 aliphatic carbocycles. The average Bonchev–Trinajstić information content (AvgIpc) is 2.37. The molecule has 0 aliphatic heterocycles. The third kappa shape index (κ3) is 4.34. The van der Waals surface area contributed by atoms with E-state index in [4.69, 9.17) is 23.1 Å². The molecule has 0 aliphatic rings. The summed E-state index contributed by atoms with van der Waals surface area (Å²) in [5.74, 6) is 0.156. The fraction of sp³-hybridized carbons (Fsp3) is 0.143. The lowest BCUT2D eigenvalue weighted by atomic mass is 10.2. The van der Waals surface area contributed by atoms with Gasteiger partial charge >= 0.3 is 0 Å². The van der Waals surface area contributed by atoms with Crippen molar-refractivity contribution in [2.75, 3.05) is 17.2 Å². The molecule has 1 amide bonds. The number of pyridine rings is 1. The number of hydrogen-bond acceptors (Lipinski definition) is 4. The van der Waals surface area contributed by atoms with Crippen molar-refractivity contribution in [3.05, 3.63) is 51.6 Å². The second-order valence-electron chi connectivity index (χ2n) is 4.53. The molecular formula is C14H14BrClN4O. The van der Waals surface area contributed by atoms with E-state index in [9.17, 15) is 4.79 Å². The summed E-state index contributed by atoms with van der Waals surface area (Å²) in [6, 6.07) is 9.15. The van der Waals surface area contributed by atoms with E-state index in [0.717, 1.165) is 5.56 Å². The Kier molecular flexibility index (Phi) is 5.03. The topological polar surface area (TPSA) is 85.2 Å². The Morgan fingerprint density at radius 1 is 1.38 bits per heavy atom. The number of carbonyl (C=O) groups excluding carboxylic acids is 1. The molecule has 7 heteroatoms. The third-order valence-corrected chi connectivity index (χ3v) is 3.55. The molecular weight excluding hydrogens is 356 g/mol. The number of rotatable bonds is 5. The highest BCUT2D eigenvalue weighted by Gasteiger charge is 2.15. The standard InChI is InChI=1S/C14H14BrClN4O/c15-12-5-10(16)6-19-14(12)20(8-13(18)21)7-9-2-1-3-11(17)4-9/h1-6H,7-8,17H2,(H2,18,21). The fourth-order valence-electron chi connectivity index (χ4n) is 1.95. The smallest absolute Gasteiger partial charge is 0.237 e. The van der Waals surface area contributed by atoms with E-state index in [1.165, 1.54) is 6.20 Å². The van der Waals surface area contributed by atoms with Gasteiger partial charge in [0.25, 0.3) is 0 Å². The Labute approximate surface area is 136 Å². The summed E-state index contributed by atoms with van der Waals surface area (Å²) in [5, 5.41) is 0.508. The Balaban J connectivity index is 2.31. The molecule has 110 valence electrons. The Bertz CT molecular complexity index is 665. The number of hydrogen-bond donors (Lipinski definition) is 2. The number of nitrogen functional groups attached to an aromatic ring is 1. The first-order valence-corrected chi connectivity index (χ1v) is 7.31. The van der Waals surface area contributed by atoms with E-state index in [2.05, 4.69) is 20.9 Å². The average molecular weight is 370 g/mol. The Morgan fingerprint density at radius 3 is 2.76 bits per heavy atom. The molecule has 0 bridgehead atoms. The van der Waals surface area contributed by atoms with E-state index in [1.54, 1.807) is 17.0 Å². The Hall–Kier alpha value is -1.79. The number of carbonyl (C=O) groups is 1. The van der Waals surface area contributed by atoms with Crippen LogP contribution in [0.25, 0.3) is 0 Å². The maximum Gasteiger partial charge on any atom is 0.237 e. The number of primary amides is 1. The van der Waals surface area contributed by atoms with Gasteiger partial charge in [-0.1, -0.05) is 23.7 Å². The minimum atomic E-state index is -0.442. The summed E-state index contributed by atoms with van der Waals surface area (Å²) < 4.78 is 0.695. The minimum absolute atomic E-state index is 0.0437. The minimum Gasteiger partial charge on any atom is -0.399 e. The maximum absolute atomic E-state index is 11.3. The lowest BCUT2D eigenvalue weighted by Crippen LogP contribution is -2.34. The number of nitrogens with two attached hydrogens (primary N) is 2. The number of aromatic nitrogens is 1. The number of halogens is 2. The summed E-state index contributed by atoms with van der Waals surface area (Å²) in [6.07, 6.45) is 1.52. The molecule has 2 aromatic rings. The van der Waals surface area contributed by atoms with Crippen molar-refractivity contribution in [3.63, 3.8) is 0 Å². The molecule has 21 heavy (non-hydrogen) atoms. The van der Waals surface area contributed by atoms with E-state index in [-0.39, 0.29) is 6.54 Å². The normalized spacial score (nSPS) is 10.4. The number of amides is 1. The first-order valence-electron chi connectivity index (χ1n) is 6.14. The van der Waals surface area contributed by atoms with Gasteiger partial charge in [-0.15, -0.1) is 0 Å². The van der Waals surface area contributed by atoms with Crippen LogP contribution in [0.15, 0.2) is 41.0 Å². The van der Waals surface area contributed by atoms with Crippen LogP contribution in [0.2, 0.25) is 5.02 Å². The van der Waals surface area contributed by atoms with Crippen LogP contribution >= 0.6 is 27.5 Å². The largest absolute Gasteiger partial charge is 0.399 e. The molecule has 1 aromatic heterocycles. The second kappa shape index (κ2) is 6.78. The van der Waals surface area contributed by atoms with Crippen molar-refractivity contribution < 1.29 is 4.79 Å². The highest BCUT2D eigenvalue weighted by Crippen LogP contribution is 2.27. The van der Waals surface area contributed by atoms with Gasteiger partial charge < -0.3 is 16.4 Å². The van der Waals surface area contributed by atoms with Crippen LogP contribution < -0.4 is 16.4 Å². The van der Waals surface area contributed by atoms with Crippen LogP contribution in [0, 0.1) is 0 Å². The third-order valence-electron chi connectivity index (χ3n) is 2.76. The zero-order valence-corrected chi connectivity index (χ0v) is 13.4. The predicted molar refractivity (Wildman–Crippen MR) is 88.0 cm³/mol. The summed E-state index contributed by atoms with van der Waals surface area (Å²) in [4.78, 5) is 17.3. The molecule has 1 heterocycles. The van der Waals surface area contributed by atoms with E-state index in [0.29, 0.717) is 27.5 Å². The second-order valence-corrected chi connectivity index (χ2v) is 5.82. The monoisotopic (exact) mass is 368 g/mol. The van der Waals surface area contributed by atoms with Gasteiger partial charge in [0.1, 0.15) is 5.82 Å². The Morgan fingerprint density at radius 2 is 2.14 bits per heavy atom. The van der Waals surface area contributed by atoms with Gasteiger partial charge in [0.15, 0.2) is 0 Å². The molecule has 0 saturated carbocycles. The zero-order chi connectivity index (χ0) is 15.4. The van der Waals surface area contributed by atoms with Gasteiger partial charge in [0.2, 0.25) is 5.91 Å². The van der Waals surface area contributed by atoms with Crippen LogP contribution in [-0.2, 0) is 11.3 Å². The first kappa shape index (κ1) is 15.6. The van der Waals surface area contributed by atoms with Gasteiger partial charge in [-0.25, -0.2) is 4.98 Å². The van der Waals surface area contributed by atoms with Crippen LogP contribution in [0.5, 0.6) is 0 Å². The van der Waals surface area contributed by atoms with Crippen LogP contribution in [0.3, 0.4) is 0 Å². The highest BCUT2D eigenvalue weighted by molar-refractivity contribution is 9.10. The SMILES string of the molecule is NC(=O)CN(Cc1cccc(N)c1)c1ncc(Cl)cc1Br. The summed E-state index contributed by atoms with van der Waals surface area (Å²) in [7, 11) is 0. The number of nitrogens with zero attached hydrogens (tertiary/aromatic N) is 2. The zero-order valence-electron chi connectivity index (χ0n) is 11.1. The van der Waals surface area contributed by atoms with Crippen molar-refractivity contribution in [1.29, 1.82) is 0 Å². The molecule has 0 saturated heterocycles. The summed E-state index contributed by atoms with van der Waals surface area (Å²) in [6.45, 7) is 0.503. The van der Waals surface area contributed by atoms with Gasteiger partial charge in [-0.2, -0.15) is 0 Å². The van der Waals surface area contributed by atoms with Gasteiger partial charge in [-0.3, -0.25) is 4.79 Å². The predicted octanol–water partition coefficient (Wildman–Crippen LogP) is 2.57. The molecule has 0 atom stereocenters. The van der Waals surface area contributed by atoms with Gasteiger partial charge in [0.05, 0.1) is 16.0 Å². The highest BCUT2D eigenvalue weighted by atomic mass is 79.9. The number of anilines is 2. The summed E-state index contributed by atoms with van der Waals surface area (Å²) >= 11 is 9.29. The van der Waals surface area contributed by atoms with E-state index >= 15 is 0 Å². The lowest BCUT2D eigenvalue weighted by molar-refractivity contribution is -0.116. The molecule has 4 N–H and O–H groups in total. The molecule has 0 fully saturated rings. The van der Waals surface area contributed by atoms with Crippen molar-refractivity contribution in [1.82, 2.24) is 4.98 Å². The molecule has 0 radical (unpaired) electrons. The van der Waals surface area contributed by atoms with Crippen molar-refractivity contribution >= 4 is 44.9 Å². The van der Waals surface area contributed by atoms with Crippen LogP contribution in [-0.4, -0.2) is 17.4 Å². The molecule has 1 aromatic carbocycles. The van der Waals surface area contributed by atoms with Gasteiger partial charge in [0, 0.05) is 18.4 Å². The van der Waals surface area contributed by atoms with Crippen LogP contribution in [0.1, 0.15) is 5.56 Å². The van der Waals surface area contributed by atoms with Gasteiger partial charge in [-0.05, 0) is 39.7 Å². The number of benzene rings is 1. The first-order chi connectivity index (χ1) is 9.95. The van der Waals surface area contributed by atoms with E-state index < -0.39 is 5.91 Å². The van der Waals surface area contributed by atoms with Crippen LogP contribution in [0.4, 0.5) is 11.5 Å². The molecule has 0 unspecified atom stereocenters. The lowest BCUT2D eigenvalue weighted by Gasteiger charge is -2.23. The molecule has 5 nitrogen and oxygen atoms in total. The molecule has 2 rings (SSSR count). The fourth-order valence-corrected chi connectivity index (χ4v) is 2.84.